The molecule has 0 aliphatic rings. The fourth-order valence-electron chi connectivity index (χ4n) is 2.84. The summed E-state index contributed by atoms with van der Waals surface area (Å²) < 4.78 is 0.574. The largest absolute Gasteiger partial charge is 0.481 e. The third-order valence-electron chi connectivity index (χ3n) is 4.28. The van der Waals surface area contributed by atoms with Crippen LogP contribution in [0.15, 0.2) is 0 Å². The molecule has 0 heterocycles. The van der Waals surface area contributed by atoms with E-state index >= 15 is 0 Å². The van der Waals surface area contributed by atoms with Crippen molar-refractivity contribution in [3.05, 3.63) is 0 Å². The predicted molar refractivity (Wildman–Crippen MR) is 91.9 cm³/mol. The van der Waals surface area contributed by atoms with Gasteiger partial charge in [-0.2, -0.15) is 0 Å². The maximum atomic E-state index is 10.6. The third kappa shape index (κ3) is 14.3. The average molecular weight is 317 g/mol. The van der Waals surface area contributed by atoms with Crippen LogP contribution in [0.4, 0.5) is 0 Å². The van der Waals surface area contributed by atoms with E-state index < -0.39 is 5.97 Å². The van der Waals surface area contributed by atoms with Gasteiger partial charge >= 0.3 is 5.97 Å². The van der Waals surface area contributed by atoms with Gasteiger partial charge in [-0.1, -0.05) is 64.7 Å². The minimum Gasteiger partial charge on any atom is -0.481 e. The van der Waals surface area contributed by atoms with Crippen molar-refractivity contribution in [3.63, 3.8) is 0 Å². The number of aliphatic hydroxyl groups excluding tert-OH is 1. The van der Waals surface area contributed by atoms with Gasteiger partial charge in [0.15, 0.2) is 0 Å². The number of aliphatic carboxylic acids is 1. The Bertz CT molecular complexity index is 280. The number of hydrogen-bond donors (Lipinski definition) is 2. The molecule has 2 N–H and O–H groups in total. The molecule has 0 spiro atoms. The van der Waals surface area contributed by atoms with Gasteiger partial charge in [0.2, 0.25) is 0 Å². The maximum Gasteiger partial charge on any atom is 0.309 e. The number of unbranched alkanes of at least 4 members (excludes halogenated alkanes) is 8. The molecule has 0 radical (unpaired) electrons. The van der Waals surface area contributed by atoms with Gasteiger partial charge in [-0.15, -0.1) is 0 Å². The first-order valence-electron chi connectivity index (χ1n) is 9.09. The normalized spacial score (nSPS) is 13.3. The Morgan fingerprint density at radius 2 is 1.45 bits per heavy atom. The van der Waals surface area contributed by atoms with Gasteiger partial charge < -0.3 is 14.7 Å². The molecule has 0 aliphatic heterocycles. The van der Waals surface area contributed by atoms with Crippen LogP contribution in [0.5, 0.6) is 0 Å². The molecule has 0 aromatic carbocycles. The van der Waals surface area contributed by atoms with Gasteiger partial charge in [0.05, 0.1) is 27.1 Å². The summed E-state index contributed by atoms with van der Waals surface area (Å²) in [7, 11) is 3.98. The third-order valence-corrected chi connectivity index (χ3v) is 4.28. The number of hydrogen-bond acceptors (Lipinski definition) is 2. The fraction of sp³-hybridized carbons (Fsp3) is 0.944. The molecule has 22 heavy (non-hydrogen) atoms. The standard InChI is InChI=1S/C18H37NO3/c1-4-5-6-7-8-9-10-11-12-13-17(20)16-19(2,3)15-14-18(21)22/h17,20H,4-16H2,1-3H3/p+1. The van der Waals surface area contributed by atoms with Crippen LogP contribution in [0.2, 0.25) is 0 Å². The molecule has 0 bridgehead atoms. The quantitative estimate of drug-likeness (QED) is 0.357. The minimum atomic E-state index is -0.764. The summed E-state index contributed by atoms with van der Waals surface area (Å²) in [4.78, 5) is 10.6. The van der Waals surface area contributed by atoms with E-state index in [9.17, 15) is 9.90 Å². The van der Waals surface area contributed by atoms with E-state index in [0.29, 0.717) is 17.6 Å². The lowest BCUT2D eigenvalue weighted by atomic mass is 10.0. The Labute approximate surface area is 137 Å². The molecule has 0 saturated carbocycles. The van der Waals surface area contributed by atoms with E-state index in [-0.39, 0.29) is 12.5 Å². The molecule has 1 atom stereocenters. The highest BCUT2D eigenvalue weighted by Crippen LogP contribution is 2.12. The summed E-state index contributed by atoms with van der Waals surface area (Å²) in [5.41, 5.74) is 0. The summed E-state index contributed by atoms with van der Waals surface area (Å²) in [5.74, 6) is -0.764. The number of carboxylic acid groups (broad SMARTS) is 1. The van der Waals surface area contributed by atoms with Crippen LogP contribution in [-0.4, -0.2) is 54.0 Å². The first-order valence-corrected chi connectivity index (χ1v) is 9.09. The smallest absolute Gasteiger partial charge is 0.309 e. The summed E-state index contributed by atoms with van der Waals surface area (Å²) in [5, 5.41) is 18.8. The lowest BCUT2D eigenvalue weighted by Gasteiger charge is -2.31. The number of likely N-dealkylation sites (N-methyl/N-ethyl adjacent to an activating group) is 1. The van der Waals surface area contributed by atoms with Gasteiger partial charge in [-0.3, -0.25) is 4.79 Å². The number of rotatable bonds is 15. The summed E-state index contributed by atoms with van der Waals surface area (Å²) in [6.07, 6.45) is 12.3. The van der Waals surface area contributed by atoms with Crippen LogP contribution < -0.4 is 0 Å². The van der Waals surface area contributed by atoms with Crippen molar-refractivity contribution in [2.75, 3.05) is 27.2 Å². The molecular formula is C18H38NO3+. The molecule has 0 aromatic heterocycles. The van der Waals surface area contributed by atoms with Crippen molar-refractivity contribution in [2.24, 2.45) is 0 Å². The number of quaternary nitrogens is 1. The van der Waals surface area contributed by atoms with Gasteiger partial charge in [0.1, 0.15) is 12.6 Å². The van der Waals surface area contributed by atoms with E-state index in [0.717, 1.165) is 12.8 Å². The number of aliphatic hydroxyl groups is 1. The molecule has 132 valence electrons. The van der Waals surface area contributed by atoms with Crippen LogP contribution in [0.3, 0.4) is 0 Å². The molecule has 0 aromatic rings. The maximum absolute atomic E-state index is 10.6. The van der Waals surface area contributed by atoms with Crippen molar-refractivity contribution < 1.29 is 19.5 Å². The lowest BCUT2D eigenvalue weighted by molar-refractivity contribution is -0.892. The zero-order chi connectivity index (χ0) is 16.8. The molecule has 4 heteroatoms. The molecule has 0 rings (SSSR count). The van der Waals surface area contributed by atoms with E-state index in [2.05, 4.69) is 6.92 Å². The van der Waals surface area contributed by atoms with Gasteiger partial charge in [0.25, 0.3) is 0 Å². The molecule has 0 amide bonds. The highest BCUT2D eigenvalue weighted by molar-refractivity contribution is 5.66. The molecule has 0 fully saturated rings. The summed E-state index contributed by atoms with van der Waals surface area (Å²) >= 11 is 0. The number of carbonyl (C=O) groups is 1. The van der Waals surface area contributed by atoms with Gasteiger partial charge in [0, 0.05) is 0 Å². The van der Waals surface area contributed by atoms with E-state index in [1.807, 2.05) is 14.1 Å². The molecule has 0 aliphatic carbocycles. The molecule has 0 saturated heterocycles. The SMILES string of the molecule is CCCCCCCCCCCC(O)C[N+](C)(C)CCC(=O)O. The van der Waals surface area contributed by atoms with E-state index in [4.69, 9.17) is 5.11 Å². The lowest BCUT2D eigenvalue weighted by Crippen LogP contribution is -2.46. The highest BCUT2D eigenvalue weighted by Gasteiger charge is 2.21. The molecular weight excluding hydrogens is 278 g/mol. The van der Waals surface area contributed by atoms with Crippen molar-refractivity contribution in [1.82, 2.24) is 0 Å². The first kappa shape index (κ1) is 21.4. The van der Waals surface area contributed by atoms with Crippen LogP contribution in [0.25, 0.3) is 0 Å². The van der Waals surface area contributed by atoms with Crippen molar-refractivity contribution >= 4 is 5.97 Å². The summed E-state index contributed by atoms with van der Waals surface area (Å²) in [6.45, 7) is 3.46. The zero-order valence-corrected chi connectivity index (χ0v) is 15.0. The predicted octanol–water partition coefficient (Wildman–Crippen LogP) is 3.82. The Balaban J connectivity index is 3.52. The minimum absolute atomic E-state index is 0.164. The zero-order valence-electron chi connectivity index (χ0n) is 15.0. The first-order chi connectivity index (χ1) is 10.4. The molecule has 4 nitrogen and oxygen atoms in total. The Hall–Kier alpha value is -0.610. The fourth-order valence-corrected chi connectivity index (χ4v) is 2.84. The second-order valence-corrected chi connectivity index (χ2v) is 7.26. The second-order valence-electron chi connectivity index (χ2n) is 7.26. The van der Waals surface area contributed by atoms with Crippen LogP contribution in [0.1, 0.15) is 77.6 Å². The van der Waals surface area contributed by atoms with Crippen molar-refractivity contribution in [3.8, 4) is 0 Å². The highest BCUT2D eigenvalue weighted by atomic mass is 16.4. The second kappa shape index (κ2) is 12.9. The Morgan fingerprint density at radius 1 is 0.955 bits per heavy atom. The molecule has 1 unspecified atom stereocenters. The van der Waals surface area contributed by atoms with Crippen molar-refractivity contribution in [2.45, 2.75) is 83.7 Å². The number of nitrogens with zero attached hydrogens (tertiary/aromatic N) is 1. The van der Waals surface area contributed by atoms with Gasteiger partial charge in [-0.25, -0.2) is 0 Å². The Morgan fingerprint density at radius 3 is 1.95 bits per heavy atom. The monoisotopic (exact) mass is 316 g/mol. The van der Waals surface area contributed by atoms with E-state index in [1.54, 1.807) is 0 Å². The van der Waals surface area contributed by atoms with Crippen LogP contribution in [-0.2, 0) is 4.79 Å². The Kier molecular flexibility index (Phi) is 12.5. The average Bonchev–Trinajstić information content (AvgIpc) is 2.43. The van der Waals surface area contributed by atoms with Gasteiger partial charge in [-0.05, 0) is 6.42 Å². The van der Waals surface area contributed by atoms with Crippen molar-refractivity contribution in [1.29, 1.82) is 0 Å². The topological polar surface area (TPSA) is 57.5 Å². The summed E-state index contributed by atoms with van der Waals surface area (Å²) in [6, 6.07) is 0. The van der Waals surface area contributed by atoms with Crippen LogP contribution >= 0.6 is 0 Å². The number of carboxylic acids is 1. The van der Waals surface area contributed by atoms with E-state index in [1.165, 1.54) is 51.4 Å². The van der Waals surface area contributed by atoms with Crippen LogP contribution in [0, 0.1) is 0 Å².